The number of Topliss-reactive ketones (excluding diaryl/α,β-unsaturated/α-hetero) is 1. The molecular formula is C27H39N5O4. The van der Waals surface area contributed by atoms with E-state index in [0.29, 0.717) is 11.1 Å². The molecule has 9 heteroatoms. The number of ether oxygens (including phenoxy) is 1. The molecule has 2 amide bonds. The predicted molar refractivity (Wildman–Crippen MR) is 137 cm³/mol. The quantitative estimate of drug-likeness (QED) is 0.578. The molecule has 4 atom stereocenters. The Hall–Kier alpha value is -2.49. The van der Waals surface area contributed by atoms with Gasteiger partial charge in [-0.3, -0.25) is 19.3 Å². The molecule has 36 heavy (non-hydrogen) atoms. The lowest BCUT2D eigenvalue weighted by molar-refractivity contribution is -0.138. The van der Waals surface area contributed by atoms with Crippen molar-refractivity contribution in [3.05, 3.63) is 29.3 Å². The zero-order valence-electron chi connectivity index (χ0n) is 21.2. The molecule has 0 spiro atoms. The van der Waals surface area contributed by atoms with E-state index >= 15 is 0 Å². The molecule has 3 heterocycles. The molecule has 3 aliphatic heterocycles. The number of anilines is 1. The first-order valence-electron chi connectivity index (χ1n) is 13.5. The van der Waals surface area contributed by atoms with Gasteiger partial charge >= 0.3 is 0 Å². The standard InChI is InChI=1S/C27H39N5O4/c1-2-9-30-10-12-31(13-11-30)18-7-8-19(26(29)34)20(14-18)23(17-5-3-4-6-17)27(35)32-15-21(28)25-24(32)22(33)16-36-25/h7-8,14,17,21,23-25H,2-6,9-13,15-16,28H2,1H3,(H2,29,34)/t21-,23+,24-,25-/m1/s1. The Labute approximate surface area is 213 Å². The first kappa shape index (κ1) is 25.2. The van der Waals surface area contributed by atoms with Crippen molar-refractivity contribution in [1.29, 1.82) is 0 Å². The van der Waals surface area contributed by atoms with Crippen molar-refractivity contribution in [3.8, 4) is 0 Å². The third kappa shape index (κ3) is 4.64. The SMILES string of the molecule is CCCN1CCN(c2ccc(C(N)=O)c([C@@H](C(=O)N3C[C@@H](N)[C@H]4OCC(=O)[C@H]43)C3CCCC3)c2)CC1. The number of carbonyl (C=O) groups excluding carboxylic acids is 3. The van der Waals surface area contributed by atoms with Gasteiger partial charge in [-0.1, -0.05) is 19.8 Å². The van der Waals surface area contributed by atoms with Crippen LogP contribution in [0.3, 0.4) is 0 Å². The molecule has 4 N–H and O–H groups in total. The van der Waals surface area contributed by atoms with E-state index in [-0.39, 0.29) is 30.8 Å². The Morgan fingerprint density at radius 1 is 1.14 bits per heavy atom. The number of benzene rings is 1. The molecule has 5 rings (SSSR count). The van der Waals surface area contributed by atoms with E-state index in [2.05, 4.69) is 16.7 Å². The topological polar surface area (TPSA) is 122 Å². The van der Waals surface area contributed by atoms with Gasteiger partial charge < -0.3 is 26.0 Å². The maximum absolute atomic E-state index is 14.2. The summed E-state index contributed by atoms with van der Waals surface area (Å²) in [5, 5.41) is 0. The Balaban J connectivity index is 1.49. The van der Waals surface area contributed by atoms with Gasteiger partial charge in [0, 0.05) is 44.0 Å². The van der Waals surface area contributed by atoms with E-state index in [4.69, 9.17) is 16.2 Å². The Kier molecular flexibility index (Phi) is 7.32. The fourth-order valence-electron chi connectivity index (χ4n) is 6.75. The summed E-state index contributed by atoms with van der Waals surface area (Å²) in [7, 11) is 0. The summed E-state index contributed by atoms with van der Waals surface area (Å²) in [6, 6.07) is 4.71. The lowest BCUT2D eigenvalue weighted by Gasteiger charge is -2.37. The van der Waals surface area contributed by atoms with Crippen molar-refractivity contribution in [2.75, 3.05) is 50.8 Å². The number of ketones is 1. The third-order valence-corrected chi connectivity index (χ3v) is 8.56. The van der Waals surface area contributed by atoms with Gasteiger partial charge in [-0.05, 0) is 55.5 Å². The first-order chi connectivity index (χ1) is 17.4. The van der Waals surface area contributed by atoms with E-state index in [1.165, 1.54) is 0 Å². The summed E-state index contributed by atoms with van der Waals surface area (Å²) in [5.74, 6) is -1.19. The van der Waals surface area contributed by atoms with Gasteiger partial charge in [0.2, 0.25) is 11.8 Å². The molecule has 0 radical (unpaired) electrons. The second-order valence-corrected chi connectivity index (χ2v) is 10.8. The van der Waals surface area contributed by atoms with Crippen molar-refractivity contribution in [2.45, 2.75) is 63.1 Å². The zero-order valence-corrected chi connectivity index (χ0v) is 21.2. The molecule has 196 valence electrons. The van der Waals surface area contributed by atoms with E-state index < -0.39 is 30.0 Å². The Morgan fingerprint density at radius 2 is 1.86 bits per heavy atom. The normalized spacial score (nSPS) is 28.1. The fraction of sp³-hybridized carbons (Fsp3) is 0.667. The number of fused-ring (bicyclic) bond motifs is 1. The van der Waals surface area contributed by atoms with Crippen molar-refractivity contribution in [3.63, 3.8) is 0 Å². The molecular weight excluding hydrogens is 458 g/mol. The molecule has 0 unspecified atom stereocenters. The molecule has 1 aromatic rings. The number of hydrogen-bond acceptors (Lipinski definition) is 7. The van der Waals surface area contributed by atoms with Crippen LogP contribution in [0.5, 0.6) is 0 Å². The van der Waals surface area contributed by atoms with Crippen LogP contribution in [-0.2, 0) is 14.3 Å². The Bertz CT molecular complexity index is 1000. The number of rotatable bonds is 7. The molecule has 4 fully saturated rings. The average molecular weight is 498 g/mol. The summed E-state index contributed by atoms with van der Waals surface area (Å²) < 4.78 is 5.63. The minimum Gasteiger partial charge on any atom is -0.369 e. The molecule has 1 saturated carbocycles. The number of nitrogens with zero attached hydrogens (tertiary/aromatic N) is 3. The second-order valence-electron chi connectivity index (χ2n) is 10.8. The van der Waals surface area contributed by atoms with Crippen molar-refractivity contribution < 1.29 is 19.1 Å². The van der Waals surface area contributed by atoms with Crippen LogP contribution in [0, 0.1) is 5.92 Å². The van der Waals surface area contributed by atoms with Gasteiger partial charge in [-0.15, -0.1) is 0 Å². The van der Waals surface area contributed by atoms with Crippen LogP contribution < -0.4 is 16.4 Å². The van der Waals surface area contributed by atoms with E-state index in [1.807, 2.05) is 12.1 Å². The highest BCUT2D eigenvalue weighted by Gasteiger charge is 2.53. The number of piperazine rings is 1. The monoisotopic (exact) mass is 497 g/mol. The van der Waals surface area contributed by atoms with E-state index in [9.17, 15) is 14.4 Å². The van der Waals surface area contributed by atoms with Crippen LogP contribution in [0.1, 0.15) is 60.9 Å². The van der Waals surface area contributed by atoms with Gasteiger partial charge in [0.05, 0.1) is 12.0 Å². The van der Waals surface area contributed by atoms with Gasteiger partial charge in [0.25, 0.3) is 0 Å². The summed E-state index contributed by atoms with van der Waals surface area (Å²) >= 11 is 0. The average Bonchev–Trinajstić information content (AvgIpc) is 3.60. The maximum Gasteiger partial charge on any atom is 0.249 e. The third-order valence-electron chi connectivity index (χ3n) is 8.56. The van der Waals surface area contributed by atoms with Crippen LogP contribution in [-0.4, -0.2) is 91.5 Å². The number of hydrogen-bond donors (Lipinski definition) is 2. The maximum atomic E-state index is 14.2. The molecule has 9 nitrogen and oxygen atoms in total. The molecule has 4 aliphatic rings. The molecule has 0 bridgehead atoms. The van der Waals surface area contributed by atoms with Gasteiger partial charge in [0.15, 0.2) is 5.78 Å². The fourth-order valence-corrected chi connectivity index (χ4v) is 6.75. The number of amides is 2. The van der Waals surface area contributed by atoms with Crippen LogP contribution in [0.25, 0.3) is 0 Å². The van der Waals surface area contributed by atoms with Gasteiger partial charge in [-0.2, -0.15) is 0 Å². The number of primary amides is 1. The largest absolute Gasteiger partial charge is 0.369 e. The predicted octanol–water partition coefficient (Wildman–Crippen LogP) is 1.10. The molecule has 1 aromatic carbocycles. The van der Waals surface area contributed by atoms with Crippen LogP contribution >= 0.6 is 0 Å². The van der Waals surface area contributed by atoms with E-state index in [1.54, 1.807) is 11.0 Å². The van der Waals surface area contributed by atoms with Crippen LogP contribution in [0.2, 0.25) is 0 Å². The smallest absolute Gasteiger partial charge is 0.249 e. The minimum atomic E-state index is -0.636. The summed E-state index contributed by atoms with van der Waals surface area (Å²) in [6.07, 6.45) is 4.60. The number of likely N-dealkylation sites (tertiary alicyclic amines) is 1. The zero-order chi connectivity index (χ0) is 25.4. The summed E-state index contributed by atoms with van der Waals surface area (Å²) in [6.45, 7) is 7.34. The highest BCUT2D eigenvalue weighted by atomic mass is 16.5. The Morgan fingerprint density at radius 3 is 2.53 bits per heavy atom. The highest BCUT2D eigenvalue weighted by Crippen LogP contribution is 2.42. The lowest BCUT2D eigenvalue weighted by Crippen LogP contribution is -2.47. The second kappa shape index (κ2) is 10.5. The number of nitrogens with two attached hydrogens (primary N) is 2. The molecule has 3 saturated heterocycles. The summed E-state index contributed by atoms with van der Waals surface area (Å²) in [5.41, 5.74) is 14.2. The van der Waals surface area contributed by atoms with Crippen molar-refractivity contribution >= 4 is 23.3 Å². The van der Waals surface area contributed by atoms with Crippen LogP contribution in [0.15, 0.2) is 18.2 Å². The minimum absolute atomic E-state index is 0.00701. The van der Waals surface area contributed by atoms with Crippen molar-refractivity contribution in [2.24, 2.45) is 17.4 Å². The summed E-state index contributed by atoms with van der Waals surface area (Å²) in [4.78, 5) is 45.9. The lowest BCUT2D eigenvalue weighted by atomic mass is 9.80. The molecule has 0 aromatic heterocycles. The first-order valence-corrected chi connectivity index (χ1v) is 13.5. The number of carbonyl (C=O) groups is 3. The van der Waals surface area contributed by atoms with Gasteiger partial charge in [0.1, 0.15) is 18.8 Å². The van der Waals surface area contributed by atoms with Crippen molar-refractivity contribution in [1.82, 2.24) is 9.80 Å². The highest BCUT2D eigenvalue weighted by molar-refractivity contribution is 5.99. The molecule has 1 aliphatic carbocycles. The van der Waals surface area contributed by atoms with E-state index in [0.717, 1.165) is 70.5 Å². The van der Waals surface area contributed by atoms with Gasteiger partial charge in [-0.25, -0.2) is 0 Å². The van der Waals surface area contributed by atoms with Crippen LogP contribution in [0.4, 0.5) is 5.69 Å².